The summed E-state index contributed by atoms with van der Waals surface area (Å²) < 4.78 is 5.10. The fourth-order valence-corrected chi connectivity index (χ4v) is 1.90. The number of nitrogens with one attached hydrogen (secondary N) is 1. The number of rotatable bonds is 3. The zero-order chi connectivity index (χ0) is 10.8. The Labute approximate surface area is 88.8 Å². The molecule has 0 aliphatic heterocycles. The highest BCUT2D eigenvalue weighted by molar-refractivity contribution is 5.94. The lowest BCUT2D eigenvalue weighted by Crippen LogP contribution is -2.43. The minimum Gasteiger partial charge on any atom is -0.467 e. The summed E-state index contributed by atoms with van der Waals surface area (Å²) in [5.41, 5.74) is 5.96. The molecule has 0 saturated heterocycles. The summed E-state index contributed by atoms with van der Waals surface area (Å²) in [5.74, 6) is 1.32. The summed E-state index contributed by atoms with van der Waals surface area (Å²) in [4.78, 5) is 11.7. The molecule has 2 rings (SSSR count). The highest BCUT2D eigenvalue weighted by atomic mass is 16.3. The fourth-order valence-electron chi connectivity index (χ4n) is 1.90. The van der Waals surface area contributed by atoms with E-state index in [0.717, 1.165) is 18.8 Å². The van der Waals surface area contributed by atoms with E-state index < -0.39 is 0 Å². The van der Waals surface area contributed by atoms with Crippen LogP contribution in [0.3, 0.4) is 0 Å². The monoisotopic (exact) mass is 208 g/mol. The quantitative estimate of drug-likeness (QED) is 0.786. The summed E-state index contributed by atoms with van der Waals surface area (Å²) >= 11 is 0. The fraction of sp³-hybridized carbons (Fsp3) is 0.545. The van der Waals surface area contributed by atoms with Gasteiger partial charge in [-0.15, -0.1) is 0 Å². The number of nitrogens with two attached hydrogens (primary N) is 1. The lowest BCUT2D eigenvalue weighted by atomic mass is 9.82. The standard InChI is InChI=1S/C11H16N2O2/c1-7-2-9(3-7)13-11(14)8-4-10(5-12)15-6-8/h4,6-7,9H,2-3,5,12H2,1H3,(H,13,14). The van der Waals surface area contributed by atoms with Gasteiger partial charge in [0.05, 0.1) is 12.1 Å². The number of amides is 1. The zero-order valence-electron chi connectivity index (χ0n) is 8.82. The van der Waals surface area contributed by atoms with Gasteiger partial charge in [-0.2, -0.15) is 0 Å². The summed E-state index contributed by atoms with van der Waals surface area (Å²) in [7, 11) is 0. The Bertz CT molecular complexity index is 353. The first-order chi connectivity index (χ1) is 7.19. The molecule has 0 atom stereocenters. The van der Waals surface area contributed by atoms with Crippen LogP contribution in [0, 0.1) is 5.92 Å². The normalized spacial score (nSPS) is 24.7. The summed E-state index contributed by atoms with van der Waals surface area (Å²) in [6.07, 6.45) is 3.61. The van der Waals surface area contributed by atoms with Gasteiger partial charge in [0.2, 0.25) is 0 Å². The van der Waals surface area contributed by atoms with Crippen molar-refractivity contribution in [2.24, 2.45) is 11.7 Å². The molecule has 15 heavy (non-hydrogen) atoms. The first-order valence-electron chi connectivity index (χ1n) is 5.27. The van der Waals surface area contributed by atoms with Gasteiger partial charge < -0.3 is 15.5 Å². The van der Waals surface area contributed by atoms with Crippen molar-refractivity contribution in [1.82, 2.24) is 5.32 Å². The number of carbonyl (C=O) groups excluding carboxylic acids is 1. The molecular weight excluding hydrogens is 192 g/mol. The molecule has 3 N–H and O–H groups in total. The lowest BCUT2D eigenvalue weighted by molar-refractivity contribution is 0.0895. The van der Waals surface area contributed by atoms with E-state index in [2.05, 4.69) is 12.2 Å². The van der Waals surface area contributed by atoms with Gasteiger partial charge in [0, 0.05) is 6.04 Å². The van der Waals surface area contributed by atoms with Gasteiger partial charge in [-0.05, 0) is 24.8 Å². The average Bonchev–Trinajstić information content (AvgIpc) is 2.63. The van der Waals surface area contributed by atoms with E-state index in [9.17, 15) is 4.79 Å². The van der Waals surface area contributed by atoms with Gasteiger partial charge in [-0.25, -0.2) is 0 Å². The van der Waals surface area contributed by atoms with Crippen molar-refractivity contribution in [3.63, 3.8) is 0 Å². The van der Waals surface area contributed by atoms with Crippen LogP contribution in [0.25, 0.3) is 0 Å². The molecular formula is C11H16N2O2. The molecule has 1 heterocycles. The summed E-state index contributed by atoms with van der Waals surface area (Å²) in [6.45, 7) is 2.51. The van der Waals surface area contributed by atoms with Crippen molar-refractivity contribution < 1.29 is 9.21 Å². The second-order valence-electron chi connectivity index (χ2n) is 4.25. The van der Waals surface area contributed by atoms with Crippen molar-refractivity contribution >= 4 is 5.91 Å². The van der Waals surface area contributed by atoms with E-state index in [1.807, 2.05) is 0 Å². The van der Waals surface area contributed by atoms with Crippen molar-refractivity contribution in [2.75, 3.05) is 0 Å². The molecule has 82 valence electrons. The number of hydrogen-bond acceptors (Lipinski definition) is 3. The van der Waals surface area contributed by atoms with Crippen molar-refractivity contribution in [3.05, 3.63) is 23.7 Å². The third-order valence-electron chi connectivity index (χ3n) is 2.83. The summed E-state index contributed by atoms with van der Waals surface area (Å²) in [6, 6.07) is 2.03. The van der Waals surface area contributed by atoms with Crippen LogP contribution in [0.15, 0.2) is 16.7 Å². The molecule has 1 aromatic heterocycles. The molecule has 1 saturated carbocycles. The molecule has 1 aromatic rings. The average molecular weight is 208 g/mol. The molecule has 1 aliphatic rings. The first kappa shape index (κ1) is 10.2. The van der Waals surface area contributed by atoms with Crippen LogP contribution in [0.2, 0.25) is 0 Å². The lowest BCUT2D eigenvalue weighted by Gasteiger charge is -2.33. The Morgan fingerprint density at radius 2 is 2.40 bits per heavy atom. The van der Waals surface area contributed by atoms with Gasteiger partial charge in [0.15, 0.2) is 0 Å². The second kappa shape index (κ2) is 4.06. The second-order valence-corrected chi connectivity index (χ2v) is 4.25. The van der Waals surface area contributed by atoms with Crippen LogP contribution in [-0.2, 0) is 6.54 Å². The maximum absolute atomic E-state index is 11.7. The molecule has 0 radical (unpaired) electrons. The molecule has 1 fully saturated rings. The van der Waals surface area contributed by atoms with Crippen molar-refractivity contribution in [3.8, 4) is 0 Å². The van der Waals surface area contributed by atoms with Gasteiger partial charge in [-0.1, -0.05) is 6.92 Å². The SMILES string of the molecule is CC1CC(NC(=O)c2coc(CN)c2)C1. The molecule has 1 amide bonds. The van der Waals surface area contributed by atoms with Gasteiger partial charge >= 0.3 is 0 Å². The topological polar surface area (TPSA) is 68.3 Å². The third kappa shape index (κ3) is 2.21. The number of carbonyl (C=O) groups is 1. The minimum absolute atomic E-state index is 0.0599. The van der Waals surface area contributed by atoms with Gasteiger partial charge in [0.1, 0.15) is 12.0 Å². The molecule has 0 spiro atoms. The van der Waals surface area contributed by atoms with Crippen LogP contribution in [0.1, 0.15) is 35.9 Å². The first-order valence-corrected chi connectivity index (χ1v) is 5.27. The molecule has 4 nitrogen and oxygen atoms in total. The third-order valence-corrected chi connectivity index (χ3v) is 2.83. The van der Waals surface area contributed by atoms with Crippen LogP contribution in [0.5, 0.6) is 0 Å². The molecule has 0 aromatic carbocycles. The van der Waals surface area contributed by atoms with E-state index >= 15 is 0 Å². The van der Waals surface area contributed by atoms with E-state index in [0.29, 0.717) is 23.9 Å². The molecule has 4 heteroatoms. The summed E-state index contributed by atoms with van der Waals surface area (Å²) in [5, 5.41) is 2.96. The van der Waals surface area contributed by atoms with Crippen molar-refractivity contribution in [2.45, 2.75) is 32.4 Å². The Morgan fingerprint density at radius 1 is 1.67 bits per heavy atom. The van der Waals surface area contributed by atoms with Crippen LogP contribution < -0.4 is 11.1 Å². The number of furan rings is 1. The van der Waals surface area contributed by atoms with Crippen LogP contribution in [-0.4, -0.2) is 11.9 Å². The molecule has 1 aliphatic carbocycles. The van der Waals surface area contributed by atoms with Crippen molar-refractivity contribution in [1.29, 1.82) is 0 Å². The van der Waals surface area contributed by atoms with E-state index in [4.69, 9.17) is 10.2 Å². The Hall–Kier alpha value is -1.29. The van der Waals surface area contributed by atoms with E-state index in [1.54, 1.807) is 6.07 Å². The van der Waals surface area contributed by atoms with Crippen LogP contribution in [0.4, 0.5) is 0 Å². The highest BCUT2D eigenvalue weighted by Crippen LogP contribution is 2.26. The van der Waals surface area contributed by atoms with Gasteiger partial charge in [-0.3, -0.25) is 4.79 Å². The maximum Gasteiger partial charge on any atom is 0.254 e. The molecule has 0 unspecified atom stereocenters. The highest BCUT2D eigenvalue weighted by Gasteiger charge is 2.27. The van der Waals surface area contributed by atoms with Gasteiger partial charge in [0.25, 0.3) is 5.91 Å². The largest absolute Gasteiger partial charge is 0.467 e. The number of hydrogen-bond donors (Lipinski definition) is 2. The predicted octanol–water partition coefficient (Wildman–Crippen LogP) is 1.27. The Morgan fingerprint density at radius 3 is 2.93 bits per heavy atom. The predicted molar refractivity (Wildman–Crippen MR) is 56.3 cm³/mol. The Kier molecular flexibility index (Phi) is 2.77. The van der Waals surface area contributed by atoms with E-state index in [1.165, 1.54) is 6.26 Å². The van der Waals surface area contributed by atoms with E-state index in [-0.39, 0.29) is 5.91 Å². The van der Waals surface area contributed by atoms with Crippen LogP contribution >= 0.6 is 0 Å². The smallest absolute Gasteiger partial charge is 0.254 e. The minimum atomic E-state index is -0.0599. The maximum atomic E-state index is 11.7. The zero-order valence-corrected chi connectivity index (χ0v) is 8.82. The Balaban J connectivity index is 1.90. The molecule has 0 bridgehead atoms.